The third-order valence-electron chi connectivity index (χ3n) is 2.43. The summed E-state index contributed by atoms with van der Waals surface area (Å²) in [5.74, 6) is -0.957. The van der Waals surface area contributed by atoms with Crippen molar-refractivity contribution in [3.8, 4) is 0 Å². The number of carbonyl (C=O) groups excluding carboxylic acids is 1. The van der Waals surface area contributed by atoms with E-state index in [1.54, 1.807) is 0 Å². The maximum absolute atomic E-state index is 13.1. The number of amides is 1. The van der Waals surface area contributed by atoms with E-state index in [9.17, 15) is 9.18 Å². The van der Waals surface area contributed by atoms with Gasteiger partial charge in [-0.1, -0.05) is 0 Å². The number of nitrogens with one attached hydrogen (secondary N) is 1. The minimum atomic E-state index is -0.536. The average molecular weight is 265 g/mol. The van der Waals surface area contributed by atoms with Gasteiger partial charge in [0.05, 0.1) is 5.69 Å². The van der Waals surface area contributed by atoms with E-state index in [1.165, 1.54) is 17.4 Å². The van der Waals surface area contributed by atoms with E-state index >= 15 is 0 Å². The number of aromatic nitrogens is 1. The molecule has 1 aromatic heterocycles. The first-order valence-corrected chi connectivity index (χ1v) is 6.09. The SMILES string of the molecule is Cc1nc(NC(=O)c2cc(N)cc(F)c2)sc1C. The number of halogens is 1. The number of anilines is 2. The number of nitrogens with zero attached hydrogens (tertiary/aromatic N) is 1. The van der Waals surface area contributed by atoms with E-state index < -0.39 is 11.7 Å². The van der Waals surface area contributed by atoms with Gasteiger partial charge in [0.1, 0.15) is 5.82 Å². The molecule has 1 aromatic carbocycles. The van der Waals surface area contributed by atoms with Crippen molar-refractivity contribution in [3.63, 3.8) is 0 Å². The monoisotopic (exact) mass is 265 g/mol. The first-order chi connectivity index (χ1) is 8.45. The van der Waals surface area contributed by atoms with Crippen LogP contribution in [0.15, 0.2) is 18.2 Å². The summed E-state index contributed by atoms with van der Waals surface area (Å²) in [6.45, 7) is 3.78. The fourth-order valence-corrected chi connectivity index (χ4v) is 2.25. The van der Waals surface area contributed by atoms with E-state index in [2.05, 4.69) is 10.3 Å². The molecule has 18 heavy (non-hydrogen) atoms. The van der Waals surface area contributed by atoms with Gasteiger partial charge >= 0.3 is 0 Å². The second kappa shape index (κ2) is 4.73. The highest BCUT2D eigenvalue weighted by molar-refractivity contribution is 7.15. The van der Waals surface area contributed by atoms with Crippen LogP contribution in [0.2, 0.25) is 0 Å². The Morgan fingerprint density at radius 1 is 1.39 bits per heavy atom. The molecule has 3 N–H and O–H groups in total. The van der Waals surface area contributed by atoms with Gasteiger partial charge in [0.2, 0.25) is 0 Å². The van der Waals surface area contributed by atoms with Gasteiger partial charge in [-0.3, -0.25) is 10.1 Å². The van der Waals surface area contributed by atoms with E-state index in [4.69, 9.17) is 5.73 Å². The number of benzene rings is 1. The predicted molar refractivity (Wildman–Crippen MR) is 70.4 cm³/mol. The Hall–Kier alpha value is -1.95. The summed E-state index contributed by atoms with van der Waals surface area (Å²) in [5.41, 5.74) is 6.75. The Labute approximate surface area is 108 Å². The number of rotatable bonds is 2. The van der Waals surface area contributed by atoms with Crippen LogP contribution in [-0.4, -0.2) is 10.9 Å². The van der Waals surface area contributed by atoms with E-state index in [0.717, 1.165) is 22.7 Å². The molecule has 0 saturated carbocycles. The fourth-order valence-electron chi connectivity index (χ4n) is 1.44. The molecular weight excluding hydrogens is 253 g/mol. The van der Waals surface area contributed by atoms with Crippen LogP contribution in [0.1, 0.15) is 20.9 Å². The normalized spacial score (nSPS) is 10.4. The zero-order valence-electron chi connectivity index (χ0n) is 9.95. The lowest BCUT2D eigenvalue weighted by atomic mass is 10.2. The maximum atomic E-state index is 13.1. The second-order valence-corrected chi connectivity index (χ2v) is 5.09. The van der Waals surface area contributed by atoms with Gasteiger partial charge in [0.25, 0.3) is 5.91 Å². The summed E-state index contributed by atoms with van der Waals surface area (Å²) in [6, 6.07) is 3.72. The molecule has 0 saturated heterocycles. The predicted octanol–water partition coefficient (Wildman–Crippen LogP) is 2.73. The number of nitrogens with two attached hydrogens (primary N) is 1. The van der Waals surface area contributed by atoms with Crippen molar-refractivity contribution < 1.29 is 9.18 Å². The molecule has 0 aliphatic rings. The molecule has 94 valence electrons. The van der Waals surface area contributed by atoms with Gasteiger partial charge in [-0.25, -0.2) is 9.37 Å². The minimum absolute atomic E-state index is 0.179. The molecule has 0 fully saturated rings. The zero-order chi connectivity index (χ0) is 13.3. The Morgan fingerprint density at radius 2 is 2.11 bits per heavy atom. The molecule has 4 nitrogen and oxygen atoms in total. The first-order valence-electron chi connectivity index (χ1n) is 5.27. The van der Waals surface area contributed by atoms with Crippen LogP contribution in [0.5, 0.6) is 0 Å². The van der Waals surface area contributed by atoms with Gasteiger partial charge < -0.3 is 5.73 Å². The molecule has 1 heterocycles. The van der Waals surface area contributed by atoms with Crippen LogP contribution < -0.4 is 11.1 Å². The highest BCUT2D eigenvalue weighted by Crippen LogP contribution is 2.22. The zero-order valence-corrected chi connectivity index (χ0v) is 10.8. The lowest BCUT2D eigenvalue weighted by Crippen LogP contribution is -2.12. The van der Waals surface area contributed by atoms with Crippen LogP contribution >= 0.6 is 11.3 Å². The van der Waals surface area contributed by atoms with Crippen LogP contribution in [0.3, 0.4) is 0 Å². The van der Waals surface area contributed by atoms with Gasteiger partial charge in [-0.2, -0.15) is 0 Å². The van der Waals surface area contributed by atoms with Crippen LogP contribution in [0.25, 0.3) is 0 Å². The maximum Gasteiger partial charge on any atom is 0.257 e. The Bertz CT molecular complexity index is 570. The summed E-state index contributed by atoms with van der Waals surface area (Å²) >= 11 is 1.38. The van der Waals surface area contributed by atoms with Crippen LogP contribution in [0.4, 0.5) is 15.2 Å². The van der Waals surface area contributed by atoms with Crippen LogP contribution in [-0.2, 0) is 0 Å². The van der Waals surface area contributed by atoms with E-state index in [-0.39, 0.29) is 11.3 Å². The number of thiazole rings is 1. The molecule has 0 bridgehead atoms. The number of nitrogen functional groups attached to an aromatic ring is 1. The third kappa shape index (κ3) is 2.65. The van der Waals surface area contributed by atoms with Crippen molar-refractivity contribution in [2.75, 3.05) is 11.1 Å². The summed E-state index contributed by atoms with van der Waals surface area (Å²) in [4.78, 5) is 17.1. The Kier molecular flexibility index (Phi) is 3.29. The topological polar surface area (TPSA) is 68.0 Å². The largest absolute Gasteiger partial charge is 0.399 e. The van der Waals surface area contributed by atoms with Crippen molar-refractivity contribution in [1.82, 2.24) is 4.98 Å². The van der Waals surface area contributed by atoms with E-state index in [0.29, 0.717) is 5.13 Å². The van der Waals surface area contributed by atoms with Crippen molar-refractivity contribution in [1.29, 1.82) is 0 Å². The first kappa shape index (κ1) is 12.5. The Balaban J connectivity index is 2.21. The van der Waals surface area contributed by atoms with Crippen LogP contribution in [0, 0.1) is 19.7 Å². The van der Waals surface area contributed by atoms with E-state index in [1.807, 2.05) is 13.8 Å². The average Bonchev–Trinajstić information content (AvgIpc) is 2.56. The van der Waals surface area contributed by atoms with Crippen molar-refractivity contribution in [2.24, 2.45) is 0 Å². The fraction of sp³-hybridized carbons (Fsp3) is 0.167. The molecule has 6 heteroatoms. The van der Waals surface area contributed by atoms with Crippen molar-refractivity contribution in [2.45, 2.75) is 13.8 Å². The third-order valence-corrected chi connectivity index (χ3v) is 3.42. The number of hydrogen-bond donors (Lipinski definition) is 2. The molecule has 0 atom stereocenters. The number of carbonyl (C=O) groups is 1. The second-order valence-electron chi connectivity index (χ2n) is 3.89. The lowest BCUT2D eigenvalue weighted by molar-refractivity contribution is 0.102. The molecule has 2 rings (SSSR count). The number of hydrogen-bond acceptors (Lipinski definition) is 4. The molecule has 0 spiro atoms. The molecule has 0 unspecified atom stereocenters. The molecule has 2 aromatic rings. The standard InChI is InChI=1S/C12H12FN3OS/c1-6-7(2)18-12(15-6)16-11(17)8-3-9(13)5-10(14)4-8/h3-5H,14H2,1-2H3,(H,15,16,17). The van der Waals surface area contributed by atoms with Gasteiger partial charge in [-0.15, -0.1) is 11.3 Å². The van der Waals surface area contributed by atoms with Crippen molar-refractivity contribution in [3.05, 3.63) is 40.2 Å². The summed E-state index contributed by atoms with van der Waals surface area (Å²) in [6.07, 6.45) is 0. The van der Waals surface area contributed by atoms with Gasteiger partial charge in [0.15, 0.2) is 5.13 Å². The van der Waals surface area contributed by atoms with Crippen molar-refractivity contribution >= 4 is 28.1 Å². The molecule has 1 amide bonds. The summed E-state index contributed by atoms with van der Waals surface area (Å²) in [5, 5.41) is 3.12. The quantitative estimate of drug-likeness (QED) is 0.820. The minimum Gasteiger partial charge on any atom is -0.399 e. The van der Waals surface area contributed by atoms with Gasteiger partial charge in [-0.05, 0) is 32.0 Å². The molecule has 0 aliphatic carbocycles. The summed E-state index contributed by atoms with van der Waals surface area (Å²) in [7, 11) is 0. The smallest absolute Gasteiger partial charge is 0.257 e. The highest BCUT2D eigenvalue weighted by atomic mass is 32.1. The molecule has 0 aliphatic heterocycles. The lowest BCUT2D eigenvalue weighted by Gasteiger charge is -2.03. The summed E-state index contributed by atoms with van der Waals surface area (Å²) < 4.78 is 13.1. The Morgan fingerprint density at radius 3 is 2.67 bits per heavy atom. The molecule has 0 radical (unpaired) electrons. The number of aryl methyl sites for hydroxylation is 2. The van der Waals surface area contributed by atoms with Gasteiger partial charge in [0, 0.05) is 16.1 Å². The highest BCUT2D eigenvalue weighted by Gasteiger charge is 2.11. The molecular formula is C12H12FN3OS.